The Morgan fingerprint density at radius 1 is 1.56 bits per heavy atom. The molecular formula is C5H8O4. The first-order valence-electron chi connectivity index (χ1n) is 2.41. The van der Waals surface area contributed by atoms with Crippen LogP contribution in [0.15, 0.2) is 0 Å². The highest BCUT2D eigenvalue weighted by Crippen LogP contribution is 1.77. The lowest BCUT2D eigenvalue weighted by molar-refractivity contribution is 0.0550. The van der Waals surface area contributed by atoms with E-state index in [1.807, 2.05) is 0 Å². The van der Waals surface area contributed by atoms with Crippen molar-refractivity contribution in [1.29, 1.82) is 0 Å². The van der Waals surface area contributed by atoms with Gasteiger partial charge in [0.05, 0.1) is 13.2 Å². The largest absolute Gasteiger partial charge is 0.505 e. The van der Waals surface area contributed by atoms with Crippen molar-refractivity contribution in [1.82, 2.24) is 0 Å². The molecule has 1 N–H and O–H groups in total. The molecule has 0 aromatic carbocycles. The number of hydrogen-bond acceptors (Lipinski definition) is 3. The molecule has 2 radical (unpaired) electrons. The fraction of sp³-hybridized carbons (Fsp3) is 0.600. The van der Waals surface area contributed by atoms with Crippen LogP contribution in [0.1, 0.15) is 0 Å². The van der Waals surface area contributed by atoms with Crippen LogP contribution in [0, 0.1) is 6.92 Å². The maximum absolute atomic E-state index is 9.65. The summed E-state index contributed by atoms with van der Waals surface area (Å²) in [5, 5.41) is 7.90. The minimum Gasteiger partial charge on any atom is -0.450 e. The quantitative estimate of drug-likeness (QED) is 0.444. The van der Waals surface area contributed by atoms with Crippen LogP contribution >= 0.6 is 0 Å². The molecule has 0 aliphatic rings. The summed E-state index contributed by atoms with van der Waals surface area (Å²) >= 11 is 0. The Labute approximate surface area is 53.4 Å². The molecule has 4 heteroatoms. The van der Waals surface area contributed by atoms with Crippen LogP contribution < -0.4 is 0 Å². The number of ether oxygens (including phenoxy) is 2. The Morgan fingerprint density at radius 3 is 2.67 bits per heavy atom. The van der Waals surface area contributed by atoms with Gasteiger partial charge >= 0.3 is 6.16 Å². The van der Waals surface area contributed by atoms with Gasteiger partial charge < -0.3 is 14.6 Å². The SMILES string of the molecule is [CH]COCCOC(=O)O. The topological polar surface area (TPSA) is 55.8 Å². The second-order valence-corrected chi connectivity index (χ2v) is 1.19. The van der Waals surface area contributed by atoms with Gasteiger partial charge in [-0.3, -0.25) is 0 Å². The fourth-order valence-electron chi connectivity index (χ4n) is 0.271. The minimum atomic E-state index is -1.30. The molecule has 0 aliphatic heterocycles. The Balaban J connectivity index is 2.83. The van der Waals surface area contributed by atoms with E-state index < -0.39 is 6.16 Å². The van der Waals surface area contributed by atoms with Gasteiger partial charge in [-0.15, -0.1) is 0 Å². The molecule has 0 saturated carbocycles. The molecule has 0 saturated heterocycles. The van der Waals surface area contributed by atoms with Crippen LogP contribution in [-0.2, 0) is 9.47 Å². The summed E-state index contributed by atoms with van der Waals surface area (Å²) in [7, 11) is 0. The zero-order valence-electron chi connectivity index (χ0n) is 4.87. The van der Waals surface area contributed by atoms with Crippen LogP contribution in [0.3, 0.4) is 0 Å². The van der Waals surface area contributed by atoms with E-state index in [1.54, 1.807) is 0 Å². The van der Waals surface area contributed by atoms with E-state index in [2.05, 4.69) is 9.47 Å². The molecule has 52 valence electrons. The van der Waals surface area contributed by atoms with E-state index in [-0.39, 0.29) is 19.8 Å². The molecule has 0 heterocycles. The summed E-state index contributed by atoms with van der Waals surface area (Å²) in [4.78, 5) is 9.65. The van der Waals surface area contributed by atoms with Gasteiger partial charge in [-0.2, -0.15) is 0 Å². The van der Waals surface area contributed by atoms with Gasteiger partial charge in [0.15, 0.2) is 0 Å². The highest BCUT2D eigenvalue weighted by atomic mass is 16.7. The van der Waals surface area contributed by atoms with E-state index in [0.717, 1.165) is 0 Å². The first-order valence-corrected chi connectivity index (χ1v) is 2.41. The van der Waals surface area contributed by atoms with E-state index in [4.69, 9.17) is 12.0 Å². The van der Waals surface area contributed by atoms with Crippen molar-refractivity contribution in [3.05, 3.63) is 6.92 Å². The Morgan fingerprint density at radius 2 is 2.22 bits per heavy atom. The van der Waals surface area contributed by atoms with Crippen LogP contribution in [0.2, 0.25) is 0 Å². The van der Waals surface area contributed by atoms with Gasteiger partial charge in [0.25, 0.3) is 0 Å². The van der Waals surface area contributed by atoms with E-state index >= 15 is 0 Å². The molecular weight excluding hydrogens is 124 g/mol. The van der Waals surface area contributed by atoms with Crippen LogP contribution in [-0.4, -0.2) is 31.1 Å². The second-order valence-electron chi connectivity index (χ2n) is 1.19. The average Bonchev–Trinajstić information content (AvgIpc) is 1.80. The van der Waals surface area contributed by atoms with Crippen molar-refractivity contribution in [2.24, 2.45) is 0 Å². The number of carbonyl (C=O) groups is 1. The molecule has 4 nitrogen and oxygen atoms in total. The van der Waals surface area contributed by atoms with Crippen molar-refractivity contribution in [3.63, 3.8) is 0 Å². The number of rotatable bonds is 4. The minimum absolute atomic E-state index is 0.0343. The zero-order chi connectivity index (χ0) is 7.11. The molecule has 0 bridgehead atoms. The lowest BCUT2D eigenvalue weighted by Gasteiger charge is -1.98. The number of hydrogen-bond donors (Lipinski definition) is 1. The van der Waals surface area contributed by atoms with Crippen LogP contribution in [0.5, 0.6) is 0 Å². The summed E-state index contributed by atoms with van der Waals surface area (Å²) in [5.74, 6) is 0. The fourth-order valence-corrected chi connectivity index (χ4v) is 0.271. The monoisotopic (exact) mass is 132 g/mol. The Hall–Kier alpha value is -0.770. The van der Waals surface area contributed by atoms with Gasteiger partial charge in [0.2, 0.25) is 0 Å². The van der Waals surface area contributed by atoms with Crippen molar-refractivity contribution in [2.45, 2.75) is 0 Å². The normalized spacial score (nSPS) is 9.00. The first kappa shape index (κ1) is 8.23. The molecule has 0 amide bonds. The van der Waals surface area contributed by atoms with E-state index in [9.17, 15) is 4.79 Å². The summed E-state index contributed by atoms with van der Waals surface area (Å²) in [5.41, 5.74) is 0. The summed E-state index contributed by atoms with van der Waals surface area (Å²) in [6, 6.07) is 0. The highest BCUT2D eigenvalue weighted by molar-refractivity contribution is 5.56. The molecule has 0 spiro atoms. The Kier molecular flexibility index (Phi) is 4.91. The zero-order valence-corrected chi connectivity index (χ0v) is 4.87. The van der Waals surface area contributed by atoms with Gasteiger partial charge in [0, 0.05) is 0 Å². The second kappa shape index (κ2) is 5.37. The predicted molar refractivity (Wildman–Crippen MR) is 29.1 cm³/mol. The molecule has 0 aromatic rings. The smallest absolute Gasteiger partial charge is 0.450 e. The molecule has 0 unspecified atom stereocenters. The summed E-state index contributed by atoms with van der Waals surface area (Å²) in [6.07, 6.45) is -1.30. The van der Waals surface area contributed by atoms with Crippen molar-refractivity contribution in [3.8, 4) is 0 Å². The summed E-state index contributed by atoms with van der Waals surface area (Å²) < 4.78 is 8.65. The molecule has 0 aromatic heterocycles. The maximum Gasteiger partial charge on any atom is 0.505 e. The third-order valence-electron chi connectivity index (χ3n) is 0.571. The first-order chi connectivity index (χ1) is 4.27. The molecule has 0 atom stereocenters. The van der Waals surface area contributed by atoms with Crippen molar-refractivity contribution >= 4 is 6.16 Å². The van der Waals surface area contributed by atoms with Gasteiger partial charge in [-0.1, -0.05) is 0 Å². The van der Waals surface area contributed by atoms with Crippen molar-refractivity contribution < 1.29 is 19.4 Å². The molecule has 0 aliphatic carbocycles. The lowest BCUT2D eigenvalue weighted by atomic mass is 10.7. The van der Waals surface area contributed by atoms with Gasteiger partial charge in [-0.25, -0.2) is 4.79 Å². The molecule has 9 heavy (non-hydrogen) atoms. The number of carboxylic acid groups (broad SMARTS) is 1. The van der Waals surface area contributed by atoms with Gasteiger partial charge in [-0.05, 0) is 6.92 Å². The maximum atomic E-state index is 9.65. The van der Waals surface area contributed by atoms with Gasteiger partial charge in [0.1, 0.15) is 6.61 Å². The van der Waals surface area contributed by atoms with E-state index in [0.29, 0.717) is 0 Å². The standard InChI is InChI=1S/C5H8O4/c1-2-8-3-4-9-5(6)7/h1H,2-4H2,(H,6,7). The summed E-state index contributed by atoms with van der Waals surface area (Å²) in [6.45, 7) is 5.25. The highest BCUT2D eigenvalue weighted by Gasteiger charge is 1.93. The lowest BCUT2D eigenvalue weighted by Crippen LogP contribution is -2.07. The van der Waals surface area contributed by atoms with Crippen molar-refractivity contribution in [2.75, 3.05) is 19.8 Å². The third kappa shape index (κ3) is 7.23. The average molecular weight is 132 g/mol. The van der Waals surface area contributed by atoms with Crippen LogP contribution in [0.25, 0.3) is 0 Å². The third-order valence-corrected chi connectivity index (χ3v) is 0.571. The molecule has 0 rings (SSSR count). The Bertz CT molecular complexity index is 81.0. The molecule has 0 fully saturated rings. The van der Waals surface area contributed by atoms with E-state index in [1.165, 1.54) is 0 Å². The van der Waals surface area contributed by atoms with Crippen LogP contribution in [0.4, 0.5) is 4.79 Å². The predicted octanol–water partition coefficient (Wildman–Crippen LogP) is 0.409.